The predicted octanol–water partition coefficient (Wildman–Crippen LogP) is 2.84. The van der Waals surface area contributed by atoms with Crippen LogP contribution >= 0.6 is 11.3 Å². The summed E-state index contributed by atoms with van der Waals surface area (Å²) in [7, 11) is 0. The van der Waals surface area contributed by atoms with Gasteiger partial charge in [-0.05, 0) is 38.3 Å². The van der Waals surface area contributed by atoms with Gasteiger partial charge < -0.3 is 14.5 Å². The standard InChI is InChI=1S/C16H22N2O3S/c1-16(2,3)21-15(20)18-10-8-17(9-11-18)14(19)7-6-13-5-4-12-22-13/h4-7,12H,8-11H2,1-3H3/b7-6+. The summed E-state index contributed by atoms with van der Waals surface area (Å²) in [6, 6.07) is 3.92. The van der Waals surface area contributed by atoms with Crippen molar-refractivity contribution in [2.24, 2.45) is 0 Å². The van der Waals surface area contributed by atoms with E-state index in [9.17, 15) is 9.59 Å². The van der Waals surface area contributed by atoms with Crippen LogP contribution in [0.5, 0.6) is 0 Å². The molecule has 5 nitrogen and oxygen atoms in total. The number of hydrogen-bond donors (Lipinski definition) is 0. The lowest BCUT2D eigenvalue weighted by Crippen LogP contribution is -2.51. The van der Waals surface area contributed by atoms with E-state index in [-0.39, 0.29) is 12.0 Å². The van der Waals surface area contributed by atoms with Crippen LogP contribution in [0.2, 0.25) is 0 Å². The number of ether oxygens (including phenoxy) is 1. The van der Waals surface area contributed by atoms with Crippen molar-refractivity contribution in [3.05, 3.63) is 28.5 Å². The third-order valence-electron chi connectivity index (χ3n) is 3.18. The molecular weight excluding hydrogens is 300 g/mol. The first-order valence-corrected chi connectivity index (χ1v) is 8.21. The fourth-order valence-corrected chi connectivity index (χ4v) is 2.70. The zero-order valence-electron chi connectivity index (χ0n) is 13.2. The van der Waals surface area contributed by atoms with Gasteiger partial charge in [-0.15, -0.1) is 11.3 Å². The number of piperazine rings is 1. The number of rotatable bonds is 2. The predicted molar refractivity (Wildman–Crippen MR) is 87.7 cm³/mol. The van der Waals surface area contributed by atoms with Crippen molar-refractivity contribution >= 4 is 29.4 Å². The number of amides is 2. The quantitative estimate of drug-likeness (QED) is 0.787. The highest BCUT2D eigenvalue weighted by molar-refractivity contribution is 7.10. The number of carbonyl (C=O) groups is 2. The Morgan fingerprint density at radius 1 is 1.18 bits per heavy atom. The number of hydrogen-bond acceptors (Lipinski definition) is 4. The summed E-state index contributed by atoms with van der Waals surface area (Å²) in [5, 5.41) is 1.98. The van der Waals surface area contributed by atoms with E-state index in [1.165, 1.54) is 0 Å². The molecule has 22 heavy (non-hydrogen) atoms. The van der Waals surface area contributed by atoms with Crippen LogP contribution in [0, 0.1) is 0 Å². The Hall–Kier alpha value is -1.82. The highest BCUT2D eigenvalue weighted by atomic mass is 32.1. The minimum Gasteiger partial charge on any atom is -0.444 e. The highest BCUT2D eigenvalue weighted by Crippen LogP contribution is 2.13. The van der Waals surface area contributed by atoms with Gasteiger partial charge in [-0.25, -0.2) is 4.79 Å². The summed E-state index contributed by atoms with van der Waals surface area (Å²) in [5.41, 5.74) is -0.493. The van der Waals surface area contributed by atoms with Crippen molar-refractivity contribution in [2.75, 3.05) is 26.2 Å². The third-order valence-corrected chi connectivity index (χ3v) is 4.01. The van der Waals surface area contributed by atoms with E-state index in [4.69, 9.17) is 4.74 Å². The summed E-state index contributed by atoms with van der Waals surface area (Å²) in [6.45, 7) is 7.63. The monoisotopic (exact) mass is 322 g/mol. The molecule has 120 valence electrons. The van der Waals surface area contributed by atoms with Crippen LogP contribution in [0.15, 0.2) is 23.6 Å². The van der Waals surface area contributed by atoms with Gasteiger partial charge in [0.1, 0.15) is 5.60 Å². The number of thiophene rings is 1. The van der Waals surface area contributed by atoms with Crippen LogP contribution in [-0.2, 0) is 9.53 Å². The van der Waals surface area contributed by atoms with E-state index in [2.05, 4.69) is 0 Å². The lowest BCUT2D eigenvalue weighted by Gasteiger charge is -2.35. The topological polar surface area (TPSA) is 49.9 Å². The molecule has 0 bridgehead atoms. The molecule has 1 aromatic heterocycles. The minimum atomic E-state index is -0.493. The van der Waals surface area contributed by atoms with E-state index in [1.807, 2.05) is 44.4 Å². The maximum absolute atomic E-state index is 12.1. The fraction of sp³-hybridized carbons (Fsp3) is 0.500. The number of nitrogens with zero attached hydrogens (tertiary/aromatic N) is 2. The van der Waals surface area contributed by atoms with E-state index in [1.54, 1.807) is 27.2 Å². The Bertz CT molecular complexity index is 538. The Kier molecular flexibility index (Phi) is 5.24. The molecule has 1 saturated heterocycles. The molecule has 1 aliphatic heterocycles. The van der Waals surface area contributed by atoms with Crippen LogP contribution in [-0.4, -0.2) is 53.6 Å². The van der Waals surface area contributed by atoms with E-state index in [0.717, 1.165) is 4.88 Å². The van der Waals surface area contributed by atoms with Gasteiger partial charge in [0.25, 0.3) is 0 Å². The second-order valence-electron chi connectivity index (χ2n) is 6.14. The molecule has 0 aromatic carbocycles. The second-order valence-corrected chi connectivity index (χ2v) is 7.12. The van der Waals surface area contributed by atoms with Crippen LogP contribution in [0.3, 0.4) is 0 Å². The van der Waals surface area contributed by atoms with Crippen LogP contribution < -0.4 is 0 Å². The van der Waals surface area contributed by atoms with Gasteiger partial charge in [0, 0.05) is 37.1 Å². The number of carbonyl (C=O) groups excluding carboxylic acids is 2. The van der Waals surface area contributed by atoms with E-state index in [0.29, 0.717) is 26.2 Å². The van der Waals surface area contributed by atoms with Gasteiger partial charge in [0.2, 0.25) is 5.91 Å². The van der Waals surface area contributed by atoms with Crippen molar-refractivity contribution in [1.82, 2.24) is 9.80 Å². The first kappa shape index (κ1) is 16.5. The van der Waals surface area contributed by atoms with Crippen molar-refractivity contribution in [1.29, 1.82) is 0 Å². The Balaban J connectivity index is 1.81. The van der Waals surface area contributed by atoms with Crippen LogP contribution in [0.1, 0.15) is 25.6 Å². The van der Waals surface area contributed by atoms with Gasteiger partial charge in [-0.2, -0.15) is 0 Å². The molecule has 0 saturated carbocycles. The van der Waals surface area contributed by atoms with Gasteiger partial charge in [-0.1, -0.05) is 6.07 Å². The molecule has 1 aliphatic rings. The van der Waals surface area contributed by atoms with E-state index < -0.39 is 5.60 Å². The van der Waals surface area contributed by atoms with Gasteiger partial charge in [0.15, 0.2) is 0 Å². The second kappa shape index (κ2) is 6.96. The maximum atomic E-state index is 12.1. The zero-order valence-corrected chi connectivity index (χ0v) is 14.1. The van der Waals surface area contributed by atoms with Crippen molar-refractivity contribution in [2.45, 2.75) is 26.4 Å². The summed E-state index contributed by atoms with van der Waals surface area (Å²) in [5.74, 6) is -0.0164. The summed E-state index contributed by atoms with van der Waals surface area (Å²) in [6.07, 6.45) is 3.11. The molecular formula is C16H22N2O3S. The van der Waals surface area contributed by atoms with Crippen LogP contribution in [0.4, 0.5) is 4.79 Å². The van der Waals surface area contributed by atoms with Crippen LogP contribution in [0.25, 0.3) is 6.08 Å². The van der Waals surface area contributed by atoms with Crippen molar-refractivity contribution in [3.63, 3.8) is 0 Å². The average molecular weight is 322 g/mol. The summed E-state index contributed by atoms with van der Waals surface area (Å²) < 4.78 is 5.34. The van der Waals surface area contributed by atoms with Gasteiger partial charge in [0.05, 0.1) is 0 Å². The molecule has 2 heterocycles. The largest absolute Gasteiger partial charge is 0.444 e. The fourth-order valence-electron chi connectivity index (χ4n) is 2.08. The van der Waals surface area contributed by atoms with Crippen molar-refractivity contribution < 1.29 is 14.3 Å². The molecule has 2 amide bonds. The molecule has 0 aliphatic carbocycles. The Morgan fingerprint density at radius 2 is 1.82 bits per heavy atom. The molecule has 1 fully saturated rings. The maximum Gasteiger partial charge on any atom is 0.410 e. The van der Waals surface area contributed by atoms with Gasteiger partial charge in [-0.3, -0.25) is 4.79 Å². The lowest BCUT2D eigenvalue weighted by molar-refractivity contribution is -0.127. The first-order valence-electron chi connectivity index (χ1n) is 7.33. The Morgan fingerprint density at radius 3 is 2.36 bits per heavy atom. The molecule has 0 radical (unpaired) electrons. The molecule has 2 rings (SSSR count). The molecule has 6 heteroatoms. The third kappa shape index (κ3) is 4.87. The molecule has 1 aromatic rings. The summed E-state index contributed by atoms with van der Waals surface area (Å²) in [4.78, 5) is 28.5. The van der Waals surface area contributed by atoms with E-state index >= 15 is 0 Å². The first-order chi connectivity index (χ1) is 10.3. The smallest absolute Gasteiger partial charge is 0.410 e. The molecule has 0 spiro atoms. The minimum absolute atomic E-state index is 0.0164. The highest BCUT2D eigenvalue weighted by Gasteiger charge is 2.26. The van der Waals surface area contributed by atoms with Gasteiger partial charge >= 0.3 is 6.09 Å². The normalized spacial score (nSPS) is 16.1. The SMILES string of the molecule is CC(C)(C)OC(=O)N1CCN(C(=O)/C=C/c2cccs2)CC1. The molecule has 0 N–H and O–H groups in total. The lowest BCUT2D eigenvalue weighted by atomic mass is 10.2. The average Bonchev–Trinajstić information content (AvgIpc) is 2.96. The molecule has 0 unspecified atom stereocenters. The Labute approximate surface area is 135 Å². The molecule has 0 atom stereocenters. The zero-order chi connectivity index (χ0) is 16.2. The summed E-state index contributed by atoms with van der Waals surface area (Å²) >= 11 is 1.59. The van der Waals surface area contributed by atoms with Crippen molar-refractivity contribution in [3.8, 4) is 0 Å².